The summed E-state index contributed by atoms with van der Waals surface area (Å²) < 4.78 is 0. The quantitative estimate of drug-likeness (QED) is 0.637. The van der Waals surface area contributed by atoms with Crippen molar-refractivity contribution in [2.75, 3.05) is 25.2 Å². The second-order valence-electron chi connectivity index (χ2n) is 3.66. The Hall–Kier alpha value is -1.30. The molecule has 17 heavy (non-hydrogen) atoms. The van der Waals surface area contributed by atoms with Crippen molar-refractivity contribution in [2.24, 2.45) is 0 Å². The van der Waals surface area contributed by atoms with Gasteiger partial charge in [0.1, 0.15) is 23.2 Å². The molecular weight excluding hydrogens is 236 g/mol. The smallest absolute Gasteiger partial charge is 0.244 e. The Balaban J connectivity index is 2.67. The first-order valence-electron chi connectivity index (χ1n) is 5.46. The van der Waals surface area contributed by atoms with E-state index in [-0.39, 0.29) is 11.9 Å². The highest BCUT2D eigenvalue weighted by Crippen LogP contribution is 2.14. The van der Waals surface area contributed by atoms with E-state index in [1.165, 1.54) is 6.33 Å². The van der Waals surface area contributed by atoms with Crippen LogP contribution in [0.4, 0.5) is 5.82 Å². The van der Waals surface area contributed by atoms with Crippen molar-refractivity contribution in [3.05, 3.63) is 12.4 Å². The van der Waals surface area contributed by atoms with E-state index in [9.17, 15) is 4.79 Å². The van der Waals surface area contributed by atoms with Crippen LogP contribution in [0.5, 0.6) is 0 Å². The molecule has 1 amide bonds. The summed E-state index contributed by atoms with van der Waals surface area (Å²) in [5, 5.41) is 3.96. The third-order valence-corrected chi connectivity index (χ3v) is 3.08. The van der Waals surface area contributed by atoms with Crippen LogP contribution in [0.15, 0.2) is 17.4 Å². The number of rotatable bonds is 5. The third kappa shape index (κ3) is 3.89. The largest absolute Gasteiger partial charge is 0.358 e. The maximum Gasteiger partial charge on any atom is 0.244 e. The number of anilines is 1. The lowest BCUT2D eigenvalue weighted by Gasteiger charge is -2.20. The predicted molar refractivity (Wildman–Crippen MR) is 70.2 cm³/mol. The van der Waals surface area contributed by atoms with E-state index >= 15 is 0 Å². The van der Waals surface area contributed by atoms with Gasteiger partial charge in [-0.1, -0.05) is 0 Å². The normalized spacial score (nSPS) is 12.0. The number of hydrogen-bond donors (Lipinski definition) is 1. The molecule has 0 saturated heterocycles. The van der Waals surface area contributed by atoms with Gasteiger partial charge in [0.25, 0.3) is 0 Å². The Bertz CT molecular complexity index is 385. The number of hydrogen-bond acceptors (Lipinski definition) is 5. The fraction of sp³-hybridized carbons (Fsp3) is 0.545. The van der Waals surface area contributed by atoms with Crippen molar-refractivity contribution < 1.29 is 4.79 Å². The molecule has 0 bridgehead atoms. The summed E-state index contributed by atoms with van der Waals surface area (Å²) >= 11 is 1.54. The molecule has 0 spiro atoms. The maximum absolute atomic E-state index is 11.8. The summed E-state index contributed by atoms with van der Waals surface area (Å²) in [7, 11) is 1.79. The highest BCUT2D eigenvalue weighted by Gasteiger charge is 2.16. The number of carbonyl (C=O) groups excluding carboxylic acids is 1. The van der Waals surface area contributed by atoms with Gasteiger partial charge in [-0.2, -0.15) is 0 Å². The van der Waals surface area contributed by atoms with Crippen molar-refractivity contribution in [1.82, 2.24) is 14.9 Å². The Labute approximate surface area is 106 Å². The Kier molecular flexibility index (Phi) is 5.21. The van der Waals surface area contributed by atoms with Gasteiger partial charge in [0.05, 0.1) is 0 Å². The minimum absolute atomic E-state index is 0.0526. The first-order valence-corrected chi connectivity index (χ1v) is 6.68. The Morgan fingerprint density at radius 2 is 2.29 bits per heavy atom. The molecule has 0 saturated carbocycles. The number of nitrogens with one attached hydrogen (secondary N) is 1. The van der Waals surface area contributed by atoms with Crippen molar-refractivity contribution >= 4 is 23.5 Å². The lowest BCUT2D eigenvalue weighted by atomic mass is 10.3. The van der Waals surface area contributed by atoms with Crippen LogP contribution < -0.4 is 5.32 Å². The maximum atomic E-state index is 11.8. The van der Waals surface area contributed by atoms with Gasteiger partial charge < -0.3 is 10.2 Å². The van der Waals surface area contributed by atoms with E-state index in [4.69, 9.17) is 0 Å². The highest BCUT2D eigenvalue weighted by molar-refractivity contribution is 7.98. The van der Waals surface area contributed by atoms with Gasteiger partial charge in [0, 0.05) is 19.7 Å². The minimum atomic E-state index is -0.287. The molecule has 0 aliphatic rings. The number of nitrogens with zero attached hydrogens (tertiary/aromatic N) is 3. The van der Waals surface area contributed by atoms with Crippen molar-refractivity contribution in [2.45, 2.75) is 24.9 Å². The third-order valence-electron chi connectivity index (χ3n) is 2.44. The van der Waals surface area contributed by atoms with Gasteiger partial charge in [0.2, 0.25) is 5.91 Å². The molecular formula is C11H18N4OS. The molecule has 94 valence electrons. The first kappa shape index (κ1) is 13.8. The van der Waals surface area contributed by atoms with Gasteiger partial charge in [-0.05, 0) is 20.1 Å². The molecule has 0 fully saturated rings. The molecule has 0 aromatic carbocycles. The molecule has 1 aromatic heterocycles. The van der Waals surface area contributed by atoms with Gasteiger partial charge in [0.15, 0.2) is 0 Å². The van der Waals surface area contributed by atoms with E-state index in [2.05, 4.69) is 15.3 Å². The van der Waals surface area contributed by atoms with Crippen molar-refractivity contribution in [3.63, 3.8) is 0 Å². The number of aromatic nitrogens is 2. The molecule has 1 aromatic rings. The van der Waals surface area contributed by atoms with Gasteiger partial charge in [-0.25, -0.2) is 9.97 Å². The molecule has 0 aliphatic carbocycles. The van der Waals surface area contributed by atoms with Crippen LogP contribution in [0, 0.1) is 0 Å². The van der Waals surface area contributed by atoms with Gasteiger partial charge in [-0.15, -0.1) is 11.8 Å². The van der Waals surface area contributed by atoms with E-state index < -0.39 is 0 Å². The molecule has 1 heterocycles. The van der Waals surface area contributed by atoms with Crippen LogP contribution in [-0.2, 0) is 4.79 Å². The second-order valence-corrected chi connectivity index (χ2v) is 4.49. The SMILES string of the molecule is CCN(C)C(=O)C(C)Nc1cc(SC)ncn1. The molecule has 0 aliphatic heterocycles. The van der Waals surface area contributed by atoms with E-state index in [1.54, 1.807) is 23.7 Å². The van der Waals surface area contributed by atoms with E-state index in [0.29, 0.717) is 12.4 Å². The second kappa shape index (κ2) is 6.44. The summed E-state index contributed by atoms with van der Waals surface area (Å²) in [6.07, 6.45) is 3.44. The first-order chi connectivity index (χ1) is 8.08. The predicted octanol–water partition coefficient (Wildman–Crippen LogP) is 1.48. The fourth-order valence-electron chi connectivity index (χ4n) is 1.30. The van der Waals surface area contributed by atoms with Crippen LogP contribution in [0.1, 0.15) is 13.8 Å². The molecule has 6 heteroatoms. The molecule has 5 nitrogen and oxygen atoms in total. The summed E-state index contributed by atoms with van der Waals surface area (Å²) in [5.41, 5.74) is 0. The summed E-state index contributed by atoms with van der Waals surface area (Å²) in [5.74, 6) is 0.728. The van der Waals surface area contributed by atoms with Crippen LogP contribution in [0.2, 0.25) is 0 Å². The van der Waals surface area contributed by atoms with Gasteiger partial charge >= 0.3 is 0 Å². The topological polar surface area (TPSA) is 58.1 Å². The van der Waals surface area contributed by atoms with Crippen LogP contribution in [0.3, 0.4) is 0 Å². The van der Waals surface area contributed by atoms with E-state index in [0.717, 1.165) is 5.03 Å². The molecule has 1 atom stereocenters. The summed E-state index contributed by atoms with van der Waals surface area (Å²) in [6.45, 7) is 4.47. The summed E-state index contributed by atoms with van der Waals surface area (Å²) in [4.78, 5) is 21.7. The molecule has 1 unspecified atom stereocenters. The average molecular weight is 254 g/mol. The molecule has 1 N–H and O–H groups in total. The Morgan fingerprint density at radius 1 is 1.59 bits per heavy atom. The number of likely N-dealkylation sites (N-methyl/N-ethyl adjacent to an activating group) is 1. The van der Waals surface area contributed by atoms with Gasteiger partial charge in [-0.3, -0.25) is 4.79 Å². The number of amides is 1. The monoisotopic (exact) mass is 254 g/mol. The van der Waals surface area contributed by atoms with Crippen molar-refractivity contribution in [1.29, 1.82) is 0 Å². The zero-order valence-electron chi connectivity index (χ0n) is 10.6. The number of thioether (sulfide) groups is 1. The standard InChI is InChI=1S/C11H18N4OS/c1-5-15(3)11(16)8(2)14-9-6-10(17-4)13-7-12-9/h6-8H,5H2,1-4H3,(H,12,13,14). The fourth-order valence-corrected chi connectivity index (χ4v) is 1.68. The molecule has 0 radical (unpaired) electrons. The number of carbonyl (C=O) groups is 1. The minimum Gasteiger partial charge on any atom is -0.358 e. The lowest BCUT2D eigenvalue weighted by Crippen LogP contribution is -2.39. The zero-order chi connectivity index (χ0) is 12.8. The molecule has 1 rings (SSSR count). The van der Waals surface area contributed by atoms with Crippen LogP contribution >= 0.6 is 11.8 Å². The Morgan fingerprint density at radius 3 is 2.88 bits per heavy atom. The summed E-state index contributed by atoms with van der Waals surface area (Å²) in [6, 6.07) is 1.55. The highest BCUT2D eigenvalue weighted by atomic mass is 32.2. The zero-order valence-corrected chi connectivity index (χ0v) is 11.4. The van der Waals surface area contributed by atoms with E-state index in [1.807, 2.05) is 26.2 Å². The van der Waals surface area contributed by atoms with Crippen molar-refractivity contribution in [3.8, 4) is 0 Å². The van der Waals surface area contributed by atoms with Crippen LogP contribution in [0.25, 0.3) is 0 Å². The lowest BCUT2D eigenvalue weighted by molar-refractivity contribution is -0.130. The average Bonchev–Trinajstić information content (AvgIpc) is 2.37. The van der Waals surface area contributed by atoms with Crippen LogP contribution in [-0.4, -0.2) is 46.7 Å².